The molecule has 1 saturated heterocycles. The van der Waals surface area contributed by atoms with E-state index in [0.717, 1.165) is 50.5 Å². The molecule has 0 radical (unpaired) electrons. The molecule has 2 heterocycles. The van der Waals surface area contributed by atoms with E-state index < -0.39 is 0 Å². The van der Waals surface area contributed by atoms with Gasteiger partial charge in [0.25, 0.3) is 0 Å². The van der Waals surface area contributed by atoms with Crippen LogP contribution >= 0.6 is 0 Å². The Morgan fingerprint density at radius 1 is 1.33 bits per heavy atom. The second kappa shape index (κ2) is 5.19. The summed E-state index contributed by atoms with van der Waals surface area (Å²) in [4.78, 5) is 10.9. The zero-order valence-corrected chi connectivity index (χ0v) is 9.24. The fourth-order valence-electron chi connectivity index (χ4n) is 1.85. The van der Waals surface area contributed by atoms with Crippen LogP contribution < -0.4 is 5.32 Å². The van der Waals surface area contributed by atoms with Crippen LogP contribution in [-0.2, 0) is 6.42 Å². The summed E-state index contributed by atoms with van der Waals surface area (Å²) in [6, 6.07) is 2.07. The van der Waals surface area contributed by atoms with E-state index in [0.29, 0.717) is 0 Å². The molecule has 2 rings (SSSR count). The lowest BCUT2D eigenvalue weighted by molar-refractivity contribution is 0.243. The van der Waals surface area contributed by atoms with E-state index in [9.17, 15) is 0 Å². The normalized spacial score (nSPS) is 17.9. The molecule has 1 aromatic rings. The summed E-state index contributed by atoms with van der Waals surface area (Å²) in [5.74, 6) is 0. The van der Waals surface area contributed by atoms with Crippen LogP contribution in [0.25, 0.3) is 0 Å². The van der Waals surface area contributed by atoms with Gasteiger partial charge in [-0.05, 0) is 13.0 Å². The maximum Gasteiger partial charge on any atom is 0.115 e. The van der Waals surface area contributed by atoms with Crippen LogP contribution in [0.2, 0.25) is 0 Å². The van der Waals surface area contributed by atoms with Gasteiger partial charge >= 0.3 is 0 Å². The van der Waals surface area contributed by atoms with Gasteiger partial charge in [0.15, 0.2) is 0 Å². The van der Waals surface area contributed by atoms with Crippen molar-refractivity contribution in [1.29, 1.82) is 0 Å². The molecule has 1 aliphatic rings. The van der Waals surface area contributed by atoms with Gasteiger partial charge in [0.1, 0.15) is 6.33 Å². The van der Waals surface area contributed by atoms with Crippen LogP contribution in [0, 0.1) is 6.92 Å². The molecule has 1 aromatic heterocycles. The first-order valence-electron chi connectivity index (χ1n) is 5.55. The highest BCUT2D eigenvalue weighted by molar-refractivity contribution is 5.06. The summed E-state index contributed by atoms with van der Waals surface area (Å²) in [6.07, 6.45) is 2.69. The van der Waals surface area contributed by atoms with Gasteiger partial charge < -0.3 is 10.2 Å². The summed E-state index contributed by atoms with van der Waals surface area (Å²) in [6.45, 7) is 7.66. The Kier molecular flexibility index (Phi) is 3.64. The minimum absolute atomic E-state index is 1.03. The van der Waals surface area contributed by atoms with Crippen LogP contribution in [0.3, 0.4) is 0 Å². The predicted molar refractivity (Wildman–Crippen MR) is 59.8 cm³/mol. The lowest BCUT2D eigenvalue weighted by atomic mass is 10.2. The van der Waals surface area contributed by atoms with Crippen LogP contribution in [0.15, 0.2) is 12.4 Å². The second-order valence-corrected chi connectivity index (χ2v) is 3.99. The first-order valence-corrected chi connectivity index (χ1v) is 5.55. The highest BCUT2D eigenvalue weighted by Crippen LogP contribution is 2.00. The molecule has 15 heavy (non-hydrogen) atoms. The maximum atomic E-state index is 4.27. The standard InChI is InChI=1S/C11H18N4/c1-10-8-11(14-9-13-10)2-5-15-6-3-12-4-7-15/h8-9,12H,2-7H2,1H3. The number of aryl methyl sites for hydroxylation is 1. The molecule has 4 nitrogen and oxygen atoms in total. The van der Waals surface area contributed by atoms with E-state index in [1.807, 2.05) is 6.92 Å². The second-order valence-electron chi connectivity index (χ2n) is 3.99. The Hall–Kier alpha value is -1.00. The quantitative estimate of drug-likeness (QED) is 0.769. The van der Waals surface area contributed by atoms with E-state index in [1.165, 1.54) is 0 Å². The fourth-order valence-corrected chi connectivity index (χ4v) is 1.85. The number of rotatable bonds is 3. The summed E-state index contributed by atoms with van der Waals surface area (Å²) in [5, 5.41) is 3.35. The lowest BCUT2D eigenvalue weighted by Gasteiger charge is -2.26. The van der Waals surface area contributed by atoms with Crippen LogP contribution in [-0.4, -0.2) is 47.6 Å². The average molecular weight is 206 g/mol. The topological polar surface area (TPSA) is 41.0 Å². The molecular formula is C11H18N4. The van der Waals surface area contributed by atoms with Gasteiger partial charge in [-0.25, -0.2) is 9.97 Å². The molecule has 0 unspecified atom stereocenters. The molecule has 0 spiro atoms. The summed E-state index contributed by atoms with van der Waals surface area (Å²) < 4.78 is 0. The number of nitrogens with zero attached hydrogens (tertiary/aromatic N) is 3. The molecule has 0 amide bonds. The highest BCUT2D eigenvalue weighted by Gasteiger charge is 2.09. The average Bonchev–Trinajstić information content (AvgIpc) is 2.28. The van der Waals surface area contributed by atoms with Crippen molar-refractivity contribution in [3.8, 4) is 0 Å². The smallest absolute Gasteiger partial charge is 0.115 e. The van der Waals surface area contributed by atoms with E-state index >= 15 is 0 Å². The Morgan fingerprint density at radius 2 is 2.13 bits per heavy atom. The lowest BCUT2D eigenvalue weighted by Crippen LogP contribution is -2.44. The molecule has 82 valence electrons. The van der Waals surface area contributed by atoms with Gasteiger partial charge in [0, 0.05) is 50.5 Å². The Bertz CT molecular complexity index is 307. The van der Waals surface area contributed by atoms with Crippen LogP contribution in [0.5, 0.6) is 0 Å². The third-order valence-electron chi connectivity index (χ3n) is 2.75. The third-order valence-corrected chi connectivity index (χ3v) is 2.75. The minimum Gasteiger partial charge on any atom is -0.314 e. The van der Waals surface area contributed by atoms with Crippen molar-refractivity contribution in [2.75, 3.05) is 32.7 Å². The maximum absolute atomic E-state index is 4.27. The van der Waals surface area contributed by atoms with Crippen molar-refractivity contribution < 1.29 is 0 Å². The molecule has 0 atom stereocenters. The van der Waals surface area contributed by atoms with E-state index in [2.05, 4.69) is 26.3 Å². The predicted octanol–water partition coefficient (Wildman–Crippen LogP) is 0.233. The van der Waals surface area contributed by atoms with Crippen molar-refractivity contribution in [3.63, 3.8) is 0 Å². The molecule has 4 heteroatoms. The first kappa shape index (κ1) is 10.5. The van der Waals surface area contributed by atoms with Crippen LogP contribution in [0.1, 0.15) is 11.4 Å². The van der Waals surface area contributed by atoms with E-state index in [-0.39, 0.29) is 0 Å². The van der Waals surface area contributed by atoms with Crippen molar-refractivity contribution >= 4 is 0 Å². The number of hydrogen-bond acceptors (Lipinski definition) is 4. The number of hydrogen-bond donors (Lipinski definition) is 1. The van der Waals surface area contributed by atoms with Gasteiger partial charge in [0.2, 0.25) is 0 Å². The molecule has 0 bridgehead atoms. The summed E-state index contributed by atoms with van der Waals surface area (Å²) >= 11 is 0. The molecule has 1 aliphatic heterocycles. The van der Waals surface area contributed by atoms with Crippen molar-refractivity contribution in [3.05, 3.63) is 23.8 Å². The Balaban J connectivity index is 1.81. The third kappa shape index (κ3) is 3.25. The number of piperazine rings is 1. The van der Waals surface area contributed by atoms with Gasteiger partial charge in [-0.2, -0.15) is 0 Å². The van der Waals surface area contributed by atoms with Gasteiger partial charge in [0.05, 0.1) is 0 Å². The first-order chi connectivity index (χ1) is 7.34. The van der Waals surface area contributed by atoms with Crippen molar-refractivity contribution in [2.24, 2.45) is 0 Å². The van der Waals surface area contributed by atoms with Crippen molar-refractivity contribution in [2.45, 2.75) is 13.3 Å². The summed E-state index contributed by atoms with van der Waals surface area (Å²) in [5.41, 5.74) is 2.21. The zero-order chi connectivity index (χ0) is 10.5. The minimum atomic E-state index is 1.03. The van der Waals surface area contributed by atoms with Gasteiger partial charge in [-0.1, -0.05) is 0 Å². The summed E-state index contributed by atoms with van der Waals surface area (Å²) in [7, 11) is 0. The monoisotopic (exact) mass is 206 g/mol. The van der Waals surface area contributed by atoms with E-state index in [1.54, 1.807) is 6.33 Å². The largest absolute Gasteiger partial charge is 0.314 e. The molecule has 1 fully saturated rings. The SMILES string of the molecule is Cc1cc(CCN2CCNCC2)ncn1. The van der Waals surface area contributed by atoms with Crippen LogP contribution in [0.4, 0.5) is 0 Å². The molecule has 0 aromatic carbocycles. The van der Waals surface area contributed by atoms with Crippen molar-refractivity contribution in [1.82, 2.24) is 20.2 Å². The zero-order valence-electron chi connectivity index (χ0n) is 9.24. The van der Waals surface area contributed by atoms with Gasteiger partial charge in [-0.15, -0.1) is 0 Å². The molecule has 1 N–H and O–H groups in total. The molecule has 0 aliphatic carbocycles. The van der Waals surface area contributed by atoms with E-state index in [4.69, 9.17) is 0 Å². The number of nitrogens with one attached hydrogen (secondary N) is 1. The fraction of sp³-hybridized carbons (Fsp3) is 0.636. The Morgan fingerprint density at radius 3 is 2.87 bits per heavy atom. The highest BCUT2D eigenvalue weighted by atomic mass is 15.2. The molecular weight excluding hydrogens is 188 g/mol. The number of aromatic nitrogens is 2. The molecule has 0 saturated carbocycles. The Labute approximate surface area is 90.7 Å². The van der Waals surface area contributed by atoms with Gasteiger partial charge in [-0.3, -0.25) is 0 Å².